The molecule has 88 valence electrons. The SMILES string of the molecule is Cc1cc([C@H](N)C(F)(F)F)ccc1C(=O)O. The average Bonchev–Trinajstić information content (AvgIpc) is 2.14. The van der Waals surface area contributed by atoms with Gasteiger partial charge in [-0.1, -0.05) is 12.1 Å². The lowest BCUT2D eigenvalue weighted by Gasteiger charge is -2.16. The summed E-state index contributed by atoms with van der Waals surface area (Å²) in [4.78, 5) is 10.6. The molecule has 6 heteroatoms. The maximum absolute atomic E-state index is 12.3. The van der Waals surface area contributed by atoms with Crippen molar-refractivity contribution < 1.29 is 23.1 Å². The summed E-state index contributed by atoms with van der Waals surface area (Å²) in [6.07, 6.45) is -4.53. The summed E-state index contributed by atoms with van der Waals surface area (Å²) >= 11 is 0. The van der Waals surface area contributed by atoms with Crippen LogP contribution in [0.3, 0.4) is 0 Å². The topological polar surface area (TPSA) is 63.3 Å². The highest BCUT2D eigenvalue weighted by Crippen LogP contribution is 2.31. The predicted octanol–water partition coefficient (Wildman–Crippen LogP) is 2.26. The Kier molecular flexibility index (Phi) is 3.23. The van der Waals surface area contributed by atoms with Crippen LogP contribution in [-0.4, -0.2) is 17.3 Å². The van der Waals surface area contributed by atoms with E-state index in [1.807, 2.05) is 0 Å². The van der Waals surface area contributed by atoms with Gasteiger partial charge >= 0.3 is 12.1 Å². The summed E-state index contributed by atoms with van der Waals surface area (Å²) in [6, 6.07) is 1.25. The highest BCUT2D eigenvalue weighted by atomic mass is 19.4. The van der Waals surface area contributed by atoms with Gasteiger partial charge < -0.3 is 10.8 Å². The summed E-state index contributed by atoms with van der Waals surface area (Å²) in [5.41, 5.74) is 5.08. The van der Waals surface area contributed by atoms with Crippen molar-refractivity contribution >= 4 is 5.97 Å². The van der Waals surface area contributed by atoms with Crippen molar-refractivity contribution in [2.75, 3.05) is 0 Å². The molecule has 0 fully saturated rings. The molecule has 1 atom stereocenters. The van der Waals surface area contributed by atoms with Crippen LogP contribution in [0.5, 0.6) is 0 Å². The molecule has 0 spiro atoms. The maximum Gasteiger partial charge on any atom is 0.407 e. The Balaban J connectivity index is 3.11. The van der Waals surface area contributed by atoms with Gasteiger partial charge in [0.25, 0.3) is 0 Å². The number of benzene rings is 1. The molecular weight excluding hydrogens is 223 g/mol. The molecule has 16 heavy (non-hydrogen) atoms. The number of halogens is 3. The molecule has 0 amide bonds. The van der Waals surface area contributed by atoms with Crippen molar-refractivity contribution in [3.63, 3.8) is 0 Å². The van der Waals surface area contributed by atoms with E-state index < -0.39 is 18.2 Å². The lowest BCUT2D eigenvalue weighted by atomic mass is 10.0. The van der Waals surface area contributed by atoms with E-state index in [0.717, 1.165) is 18.2 Å². The van der Waals surface area contributed by atoms with Gasteiger partial charge in [0.05, 0.1) is 5.56 Å². The first-order valence-electron chi connectivity index (χ1n) is 4.39. The van der Waals surface area contributed by atoms with E-state index >= 15 is 0 Å². The fourth-order valence-electron chi connectivity index (χ4n) is 1.31. The number of carboxylic acid groups (broad SMARTS) is 1. The average molecular weight is 233 g/mol. The number of aryl methyl sites for hydroxylation is 1. The van der Waals surface area contributed by atoms with Gasteiger partial charge in [0, 0.05) is 0 Å². The number of hydrogen-bond donors (Lipinski definition) is 2. The van der Waals surface area contributed by atoms with Crippen LogP contribution >= 0.6 is 0 Å². The number of nitrogens with two attached hydrogens (primary N) is 1. The van der Waals surface area contributed by atoms with E-state index in [2.05, 4.69) is 0 Å². The summed E-state index contributed by atoms with van der Waals surface area (Å²) in [7, 11) is 0. The lowest BCUT2D eigenvalue weighted by molar-refractivity contribution is -0.149. The Morgan fingerprint density at radius 3 is 2.38 bits per heavy atom. The minimum atomic E-state index is -4.53. The zero-order chi connectivity index (χ0) is 12.5. The third kappa shape index (κ3) is 2.52. The third-order valence-electron chi connectivity index (χ3n) is 2.19. The Hall–Kier alpha value is -1.56. The number of carboxylic acids is 1. The number of hydrogen-bond acceptors (Lipinski definition) is 2. The van der Waals surface area contributed by atoms with Gasteiger partial charge in [-0.05, 0) is 24.1 Å². The Bertz CT molecular complexity index is 415. The monoisotopic (exact) mass is 233 g/mol. The largest absolute Gasteiger partial charge is 0.478 e. The highest BCUT2D eigenvalue weighted by Gasteiger charge is 2.37. The van der Waals surface area contributed by atoms with Crippen LogP contribution < -0.4 is 5.73 Å². The summed E-state index contributed by atoms with van der Waals surface area (Å²) in [6.45, 7) is 1.43. The van der Waals surface area contributed by atoms with Crippen molar-refractivity contribution in [1.29, 1.82) is 0 Å². The van der Waals surface area contributed by atoms with Gasteiger partial charge in [0.2, 0.25) is 0 Å². The first-order valence-corrected chi connectivity index (χ1v) is 4.39. The van der Waals surface area contributed by atoms with Gasteiger partial charge in [-0.15, -0.1) is 0 Å². The second kappa shape index (κ2) is 4.13. The van der Waals surface area contributed by atoms with Gasteiger partial charge in [0.1, 0.15) is 6.04 Å². The highest BCUT2D eigenvalue weighted by molar-refractivity contribution is 5.89. The minimum Gasteiger partial charge on any atom is -0.478 e. The van der Waals surface area contributed by atoms with E-state index in [4.69, 9.17) is 10.8 Å². The predicted molar refractivity (Wildman–Crippen MR) is 51.1 cm³/mol. The molecule has 1 aromatic carbocycles. The zero-order valence-electron chi connectivity index (χ0n) is 8.38. The molecule has 0 aromatic heterocycles. The Morgan fingerprint density at radius 1 is 1.44 bits per heavy atom. The second-order valence-electron chi connectivity index (χ2n) is 3.40. The van der Waals surface area contributed by atoms with E-state index in [-0.39, 0.29) is 16.7 Å². The second-order valence-corrected chi connectivity index (χ2v) is 3.40. The smallest absolute Gasteiger partial charge is 0.407 e. The van der Waals surface area contributed by atoms with E-state index in [9.17, 15) is 18.0 Å². The van der Waals surface area contributed by atoms with Crippen molar-refractivity contribution in [1.82, 2.24) is 0 Å². The van der Waals surface area contributed by atoms with Crippen LogP contribution in [0, 0.1) is 6.92 Å². The van der Waals surface area contributed by atoms with Crippen molar-refractivity contribution in [3.8, 4) is 0 Å². The molecular formula is C10H10F3NO2. The molecule has 0 bridgehead atoms. The third-order valence-corrected chi connectivity index (χ3v) is 2.19. The quantitative estimate of drug-likeness (QED) is 0.823. The normalized spacial score (nSPS) is 13.6. The summed E-state index contributed by atoms with van der Waals surface area (Å²) < 4.78 is 36.9. The number of aromatic carboxylic acids is 1. The summed E-state index contributed by atoms with van der Waals surface area (Å²) in [5.74, 6) is -1.18. The number of carbonyl (C=O) groups is 1. The molecule has 0 saturated carbocycles. The Labute approximate surface area is 89.7 Å². The molecule has 1 rings (SSSR count). The fourth-order valence-corrected chi connectivity index (χ4v) is 1.31. The van der Waals surface area contributed by atoms with E-state index in [1.54, 1.807) is 0 Å². The molecule has 1 aromatic rings. The molecule has 0 aliphatic carbocycles. The maximum atomic E-state index is 12.3. The van der Waals surface area contributed by atoms with Gasteiger partial charge in [-0.3, -0.25) is 0 Å². The van der Waals surface area contributed by atoms with Gasteiger partial charge in [0.15, 0.2) is 0 Å². The van der Waals surface area contributed by atoms with Crippen LogP contribution in [0.2, 0.25) is 0 Å². The molecule has 0 saturated heterocycles. The Morgan fingerprint density at radius 2 is 2.00 bits per heavy atom. The molecule has 0 radical (unpaired) electrons. The zero-order valence-corrected chi connectivity index (χ0v) is 8.38. The molecule has 3 N–H and O–H groups in total. The van der Waals surface area contributed by atoms with Crippen molar-refractivity contribution in [2.45, 2.75) is 19.1 Å². The standard InChI is InChI=1S/C10H10F3NO2/c1-5-4-6(8(14)10(11,12)13)2-3-7(5)9(15)16/h2-4,8H,14H2,1H3,(H,15,16)/t8-/m0/s1. The van der Waals surface area contributed by atoms with E-state index in [0.29, 0.717) is 0 Å². The minimum absolute atomic E-state index is 0.0295. The van der Waals surface area contributed by atoms with Crippen molar-refractivity contribution in [2.24, 2.45) is 5.73 Å². The summed E-state index contributed by atoms with van der Waals surface area (Å²) in [5, 5.41) is 8.70. The van der Waals surface area contributed by atoms with Crippen LogP contribution in [0.4, 0.5) is 13.2 Å². The molecule has 0 heterocycles. The number of rotatable bonds is 2. The van der Waals surface area contributed by atoms with Crippen LogP contribution in [-0.2, 0) is 0 Å². The first-order chi connectivity index (χ1) is 7.23. The first kappa shape index (κ1) is 12.5. The fraction of sp³-hybridized carbons (Fsp3) is 0.300. The van der Waals surface area contributed by atoms with Gasteiger partial charge in [-0.2, -0.15) is 13.2 Å². The molecule has 0 unspecified atom stereocenters. The number of alkyl halides is 3. The van der Waals surface area contributed by atoms with Crippen LogP contribution in [0.1, 0.15) is 27.5 Å². The molecule has 0 aliphatic rings. The van der Waals surface area contributed by atoms with Crippen LogP contribution in [0.25, 0.3) is 0 Å². The molecule has 3 nitrogen and oxygen atoms in total. The van der Waals surface area contributed by atoms with Crippen LogP contribution in [0.15, 0.2) is 18.2 Å². The molecule has 0 aliphatic heterocycles. The lowest BCUT2D eigenvalue weighted by Crippen LogP contribution is -2.28. The van der Waals surface area contributed by atoms with Crippen molar-refractivity contribution in [3.05, 3.63) is 34.9 Å². The van der Waals surface area contributed by atoms with Gasteiger partial charge in [-0.25, -0.2) is 4.79 Å². The van der Waals surface area contributed by atoms with E-state index in [1.165, 1.54) is 6.92 Å².